The fraction of sp³-hybridized carbons (Fsp3) is 0.542. The summed E-state index contributed by atoms with van der Waals surface area (Å²) in [4.78, 5) is 12.4. The summed E-state index contributed by atoms with van der Waals surface area (Å²) in [5, 5.41) is 5.33. The monoisotopic (exact) mass is 431 g/mol. The highest BCUT2D eigenvalue weighted by Gasteiger charge is 2.21. The Morgan fingerprint density at radius 2 is 1.73 bits per heavy atom. The molecule has 0 radical (unpaired) electrons. The standard InChI is InChI=1S/C24H37NO4Si/c1-24(2,3)29-23(26)25-21(17-28-18-27-14-15-30(4,5)6)16-20-12-9-11-19-10-7-8-13-22(19)20/h7-13,21H,14-18H2,1-6H3,(H,25,26)/t21-/m0/s1. The molecule has 2 aromatic rings. The van der Waals surface area contributed by atoms with Crippen LogP contribution in [-0.4, -0.2) is 45.8 Å². The molecule has 166 valence electrons. The van der Waals surface area contributed by atoms with Crippen LogP contribution in [0.4, 0.5) is 4.79 Å². The van der Waals surface area contributed by atoms with Gasteiger partial charge >= 0.3 is 6.09 Å². The normalized spacial score (nSPS) is 13.3. The smallest absolute Gasteiger partial charge is 0.407 e. The summed E-state index contributed by atoms with van der Waals surface area (Å²) in [6.45, 7) is 13.8. The molecule has 0 heterocycles. The molecule has 0 aliphatic rings. The van der Waals surface area contributed by atoms with Crippen LogP contribution in [0, 0.1) is 0 Å². The van der Waals surface area contributed by atoms with Gasteiger partial charge in [0.05, 0.1) is 12.6 Å². The molecule has 1 atom stereocenters. The molecule has 0 spiro atoms. The summed E-state index contributed by atoms with van der Waals surface area (Å²) in [7, 11) is -1.12. The number of hydrogen-bond acceptors (Lipinski definition) is 4. The third-order valence-corrected chi connectivity index (χ3v) is 6.25. The van der Waals surface area contributed by atoms with Crippen LogP contribution in [0.2, 0.25) is 25.7 Å². The van der Waals surface area contributed by atoms with Crippen LogP contribution < -0.4 is 5.32 Å². The summed E-state index contributed by atoms with van der Waals surface area (Å²) in [6, 6.07) is 15.4. The molecule has 2 rings (SSSR count). The first-order valence-corrected chi connectivity index (χ1v) is 14.4. The number of nitrogens with one attached hydrogen (secondary N) is 1. The van der Waals surface area contributed by atoms with Crippen molar-refractivity contribution in [1.82, 2.24) is 5.32 Å². The Kier molecular flexibility index (Phi) is 8.88. The number of ether oxygens (including phenoxy) is 3. The van der Waals surface area contributed by atoms with E-state index < -0.39 is 19.8 Å². The van der Waals surface area contributed by atoms with E-state index in [1.165, 1.54) is 10.8 Å². The van der Waals surface area contributed by atoms with E-state index in [2.05, 4.69) is 49.2 Å². The summed E-state index contributed by atoms with van der Waals surface area (Å²) < 4.78 is 16.8. The van der Waals surface area contributed by atoms with Crippen molar-refractivity contribution in [2.24, 2.45) is 0 Å². The Balaban J connectivity index is 1.99. The van der Waals surface area contributed by atoms with E-state index in [0.717, 1.165) is 11.6 Å². The second-order valence-electron chi connectivity index (χ2n) is 9.89. The van der Waals surface area contributed by atoms with E-state index in [4.69, 9.17) is 14.2 Å². The van der Waals surface area contributed by atoms with Crippen LogP contribution in [-0.2, 0) is 20.6 Å². The molecular formula is C24H37NO4Si. The number of benzene rings is 2. The predicted molar refractivity (Wildman–Crippen MR) is 126 cm³/mol. The van der Waals surface area contributed by atoms with E-state index >= 15 is 0 Å². The van der Waals surface area contributed by atoms with Crippen LogP contribution in [0.15, 0.2) is 42.5 Å². The number of hydrogen-bond donors (Lipinski definition) is 1. The van der Waals surface area contributed by atoms with Crippen LogP contribution in [0.1, 0.15) is 26.3 Å². The highest BCUT2D eigenvalue weighted by molar-refractivity contribution is 6.76. The molecule has 30 heavy (non-hydrogen) atoms. The minimum atomic E-state index is -1.12. The van der Waals surface area contributed by atoms with Crippen molar-refractivity contribution in [2.75, 3.05) is 20.0 Å². The molecule has 1 N–H and O–H groups in total. The lowest BCUT2D eigenvalue weighted by Crippen LogP contribution is -2.43. The minimum Gasteiger partial charge on any atom is -0.444 e. The number of rotatable bonds is 10. The topological polar surface area (TPSA) is 56.8 Å². The fourth-order valence-electron chi connectivity index (χ4n) is 3.05. The molecule has 0 saturated carbocycles. The van der Waals surface area contributed by atoms with Gasteiger partial charge in [-0.15, -0.1) is 0 Å². The van der Waals surface area contributed by atoms with E-state index in [0.29, 0.717) is 19.6 Å². The van der Waals surface area contributed by atoms with Gasteiger partial charge in [0.1, 0.15) is 12.4 Å². The van der Waals surface area contributed by atoms with Crippen molar-refractivity contribution in [2.45, 2.75) is 64.5 Å². The zero-order valence-electron chi connectivity index (χ0n) is 19.3. The Hall–Kier alpha value is -1.89. The Bertz CT molecular complexity index is 805. The van der Waals surface area contributed by atoms with Crippen LogP contribution >= 0.6 is 0 Å². The largest absolute Gasteiger partial charge is 0.444 e. The van der Waals surface area contributed by atoms with E-state index in [-0.39, 0.29) is 12.8 Å². The Morgan fingerprint density at radius 3 is 2.43 bits per heavy atom. The average Bonchev–Trinajstić information content (AvgIpc) is 2.62. The molecule has 0 aliphatic heterocycles. The lowest BCUT2D eigenvalue weighted by molar-refractivity contribution is -0.0562. The third-order valence-electron chi connectivity index (χ3n) is 4.55. The van der Waals surface area contributed by atoms with Crippen LogP contribution in [0.25, 0.3) is 10.8 Å². The predicted octanol–water partition coefficient (Wildman–Crippen LogP) is 5.60. The molecular weight excluding hydrogens is 394 g/mol. The van der Waals surface area contributed by atoms with Crippen molar-refractivity contribution in [1.29, 1.82) is 0 Å². The number of amides is 1. The highest BCUT2D eigenvalue weighted by Crippen LogP contribution is 2.20. The summed E-state index contributed by atoms with van der Waals surface area (Å²) >= 11 is 0. The van der Waals surface area contributed by atoms with Gasteiger partial charge in [-0.3, -0.25) is 0 Å². The Labute approximate surface area is 182 Å². The number of fused-ring (bicyclic) bond motifs is 1. The quantitative estimate of drug-likeness (QED) is 0.302. The van der Waals surface area contributed by atoms with E-state index in [9.17, 15) is 4.79 Å². The van der Waals surface area contributed by atoms with Gasteiger partial charge in [0, 0.05) is 14.7 Å². The van der Waals surface area contributed by atoms with Crippen LogP contribution in [0.3, 0.4) is 0 Å². The van der Waals surface area contributed by atoms with Gasteiger partial charge in [-0.2, -0.15) is 0 Å². The molecule has 0 unspecified atom stereocenters. The molecule has 0 aromatic heterocycles. The molecule has 1 amide bonds. The van der Waals surface area contributed by atoms with Gasteiger partial charge in [0.2, 0.25) is 0 Å². The maximum absolute atomic E-state index is 12.4. The third kappa shape index (κ3) is 9.28. The Morgan fingerprint density at radius 1 is 1.03 bits per heavy atom. The van der Waals surface area contributed by atoms with Crippen LogP contribution in [0.5, 0.6) is 0 Å². The zero-order chi connectivity index (χ0) is 22.2. The van der Waals surface area contributed by atoms with Crippen molar-refractivity contribution in [3.8, 4) is 0 Å². The van der Waals surface area contributed by atoms with E-state index in [1.807, 2.05) is 39.0 Å². The summed E-state index contributed by atoms with van der Waals surface area (Å²) in [5.41, 5.74) is 0.618. The minimum absolute atomic E-state index is 0.216. The van der Waals surface area contributed by atoms with E-state index in [1.54, 1.807) is 0 Å². The molecule has 5 nitrogen and oxygen atoms in total. The lowest BCUT2D eigenvalue weighted by atomic mass is 9.99. The zero-order valence-corrected chi connectivity index (χ0v) is 20.3. The lowest BCUT2D eigenvalue weighted by Gasteiger charge is -2.24. The van der Waals surface area contributed by atoms with Crippen molar-refractivity contribution in [3.05, 3.63) is 48.0 Å². The first kappa shape index (κ1) is 24.4. The summed E-state index contributed by atoms with van der Waals surface area (Å²) in [6.07, 6.45) is 0.214. The molecule has 0 fully saturated rings. The molecule has 0 saturated heterocycles. The average molecular weight is 432 g/mol. The van der Waals surface area contributed by atoms with Gasteiger partial charge < -0.3 is 19.5 Å². The fourth-order valence-corrected chi connectivity index (χ4v) is 3.81. The maximum Gasteiger partial charge on any atom is 0.407 e. The van der Waals surface area contributed by atoms with Gasteiger partial charge in [-0.05, 0) is 49.6 Å². The second-order valence-corrected chi connectivity index (χ2v) is 15.5. The molecule has 0 bridgehead atoms. The first-order chi connectivity index (χ1) is 14.0. The second kappa shape index (κ2) is 10.9. The molecule has 0 aliphatic carbocycles. The molecule has 2 aromatic carbocycles. The van der Waals surface area contributed by atoms with Crippen molar-refractivity contribution in [3.63, 3.8) is 0 Å². The van der Waals surface area contributed by atoms with Crippen molar-refractivity contribution < 1.29 is 19.0 Å². The summed E-state index contributed by atoms with van der Waals surface area (Å²) in [5.74, 6) is 0. The molecule has 6 heteroatoms. The van der Waals surface area contributed by atoms with Crippen molar-refractivity contribution >= 4 is 24.9 Å². The maximum atomic E-state index is 12.4. The number of carbonyl (C=O) groups is 1. The number of alkyl carbamates (subject to hydrolysis) is 1. The first-order valence-electron chi connectivity index (χ1n) is 10.7. The van der Waals surface area contributed by atoms with Gasteiger partial charge in [0.25, 0.3) is 0 Å². The SMILES string of the molecule is CC(C)(C)OC(=O)N[C@H](COCOCC[Si](C)(C)C)Cc1cccc2ccccc12. The highest BCUT2D eigenvalue weighted by atomic mass is 28.3. The van der Waals surface area contributed by atoms with Gasteiger partial charge in [0.15, 0.2) is 0 Å². The van der Waals surface area contributed by atoms with Gasteiger partial charge in [-0.1, -0.05) is 62.1 Å². The number of carbonyl (C=O) groups excluding carboxylic acids is 1. The van der Waals surface area contributed by atoms with Gasteiger partial charge in [-0.25, -0.2) is 4.79 Å².